The quantitative estimate of drug-likeness (QED) is 0.614. The van der Waals surface area contributed by atoms with Crippen molar-refractivity contribution in [2.24, 2.45) is 0 Å². The van der Waals surface area contributed by atoms with Crippen LogP contribution in [0.25, 0.3) is 10.2 Å². The number of methoxy groups -OCH3 is 1. The maximum absolute atomic E-state index is 13.0. The van der Waals surface area contributed by atoms with E-state index >= 15 is 0 Å². The SMILES string of the molecule is COCCc1nc2scc(C(=O)O)c2c(=O)n1CC(=O)Nc1ccc(C)c(C)c1. The first-order valence-electron chi connectivity index (χ1n) is 8.92. The monoisotopic (exact) mass is 415 g/mol. The first-order valence-corrected chi connectivity index (χ1v) is 9.80. The summed E-state index contributed by atoms with van der Waals surface area (Å²) in [4.78, 5) is 41.8. The Morgan fingerprint density at radius 3 is 2.69 bits per heavy atom. The minimum absolute atomic E-state index is 0.0163. The summed E-state index contributed by atoms with van der Waals surface area (Å²) in [6.45, 7) is 3.96. The van der Waals surface area contributed by atoms with Crippen molar-refractivity contribution < 1.29 is 19.4 Å². The van der Waals surface area contributed by atoms with E-state index in [0.717, 1.165) is 22.5 Å². The lowest BCUT2D eigenvalue weighted by atomic mass is 10.1. The number of fused-ring (bicyclic) bond motifs is 1. The van der Waals surface area contributed by atoms with Gasteiger partial charge in [-0.3, -0.25) is 14.2 Å². The van der Waals surface area contributed by atoms with Gasteiger partial charge in [0.25, 0.3) is 5.56 Å². The van der Waals surface area contributed by atoms with E-state index in [9.17, 15) is 19.5 Å². The predicted molar refractivity (Wildman–Crippen MR) is 111 cm³/mol. The zero-order valence-corrected chi connectivity index (χ0v) is 17.1. The van der Waals surface area contributed by atoms with E-state index in [1.165, 1.54) is 17.1 Å². The summed E-state index contributed by atoms with van der Waals surface area (Å²) in [5.41, 5.74) is 2.11. The molecule has 152 valence electrons. The highest BCUT2D eigenvalue weighted by Gasteiger charge is 2.20. The van der Waals surface area contributed by atoms with Gasteiger partial charge in [-0.15, -0.1) is 11.3 Å². The van der Waals surface area contributed by atoms with Crippen LogP contribution in [0.15, 0.2) is 28.4 Å². The Balaban J connectivity index is 1.98. The number of carbonyl (C=O) groups is 2. The van der Waals surface area contributed by atoms with Crippen LogP contribution in [-0.4, -0.2) is 40.3 Å². The Morgan fingerprint density at radius 1 is 1.28 bits per heavy atom. The van der Waals surface area contributed by atoms with Crippen LogP contribution >= 0.6 is 11.3 Å². The van der Waals surface area contributed by atoms with Crippen molar-refractivity contribution >= 4 is 39.1 Å². The molecule has 0 fully saturated rings. The Labute approximate surface area is 170 Å². The topological polar surface area (TPSA) is 111 Å². The van der Waals surface area contributed by atoms with Crippen molar-refractivity contribution in [3.63, 3.8) is 0 Å². The van der Waals surface area contributed by atoms with Crippen LogP contribution in [0.5, 0.6) is 0 Å². The zero-order chi connectivity index (χ0) is 21.1. The van der Waals surface area contributed by atoms with E-state index in [0.29, 0.717) is 29.4 Å². The molecule has 0 unspecified atom stereocenters. The number of ether oxygens (including phenoxy) is 1. The molecule has 0 atom stereocenters. The largest absolute Gasteiger partial charge is 0.478 e. The molecule has 0 saturated carbocycles. The summed E-state index contributed by atoms with van der Waals surface area (Å²) in [6.07, 6.45) is 0.318. The fraction of sp³-hybridized carbons (Fsp3) is 0.300. The maximum atomic E-state index is 13.0. The van der Waals surface area contributed by atoms with Crippen LogP contribution in [0.4, 0.5) is 5.69 Å². The minimum Gasteiger partial charge on any atom is -0.478 e. The number of hydrogen-bond acceptors (Lipinski definition) is 6. The third-order valence-electron chi connectivity index (χ3n) is 4.63. The van der Waals surface area contributed by atoms with E-state index < -0.39 is 17.4 Å². The number of rotatable bonds is 7. The molecule has 8 nitrogen and oxygen atoms in total. The number of amides is 1. The number of carboxylic acid groups (broad SMARTS) is 1. The lowest BCUT2D eigenvalue weighted by Crippen LogP contribution is -2.32. The fourth-order valence-corrected chi connectivity index (χ4v) is 3.86. The number of aromatic nitrogens is 2. The first-order chi connectivity index (χ1) is 13.8. The summed E-state index contributed by atoms with van der Waals surface area (Å²) in [5, 5.41) is 13.5. The number of benzene rings is 1. The van der Waals surface area contributed by atoms with Gasteiger partial charge in [0.05, 0.1) is 17.6 Å². The Bertz CT molecular complexity index is 1150. The van der Waals surface area contributed by atoms with Crippen LogP contribution in [0.1, 0.15) is 27.3 Å². The number of carboxylic acids is 1. The van der Waals surface area contributed by atoms with Gasteiger partial charge in [-0.05, 0) is 37.1 Å². The second kappa shape index (κ2) is 8.54. The van der Waals surface area contributed by atoms with Crippen molar-refractivity contribution in [1.29, 1.82) is 0 Å². The van der Waals surface area contributed by atoms with Gasteiger partial charge < -0.3 is 15.2 Å². The summed E-state index contributed by atoms with van der Waals surface area (Å²) in [5.74, 6) is -1.23. The van der Waals surface area contributed by atoms with E-state index in [2.05, 4.69) is 10.3 Å². The smallest absolute Gasteiger partial charge is 0.337 e. The van der Waals surface area contributed by atoms with Crippen LogP contribution in [0.3, 0.4) is 0 Å². The Hall–Kier alpha value is -3.04. The van der Waals surface area contributed by atoms with E-state index in [1.54, 1.807) is 6.07 Å². The summed E-state index contributed by atoms with van der Waals surface area (Å²) >= 11 is 1.09. The standard InChI is InChI=1S/C20H21N3O5S/c1-11-4-5-13(8-12(11)2)21-16(24)9-23-15(6-7-28-3)22-18-17(19(23)25)14(10-29-18)20(26)27/h4-5,8,10H,6-7,9H2,1-3H3,(H,21,24)(H,26,27). The molecule has 0 bridgehead atoms. The maximum Gasteiger partial charge on any atom is 0.337 e. The summed E-state index contributed by atoms with van der Waals surface area (Å²) < 4.78 is 6.29. The van der Waals surface area contributed by atoms with Crippen molar-refractivity contribution in [1.82, 2.24) is 9.55 Å². The van der Waals surface area contributed by atoms with Crippen LogP contribution in [0, 0.1) is 13.8 Å². The third-order valence-corrected chi connectivity index (χ3v) is 5.50. The highest BCUT2D eigenvalue weighted by atomic mass is 32.1. The molecule has 0 aliphatic heterocycles. The van der Waals surface area contributed by atoms with Crippen LogP contribution < -0.4 is 10.9 Å². The zero-order valence-electron chi connectivity index (χ0n) is 16.3. The number of aryl methyl sites for hydroxylation is 2. The molecule has 2 aromatic heterocycles. The number of carbonyl (C=O) groups excluding carboxylic acids is 1. The van der Waals surface area contributed by atoms with E-state index in [-0.39, 0.29) is 17.5 Å². The van der Waals surface area contributed by atoms with Gasteiger partial charge >= 0.3 is 5.97 Å². The molecule has 0 spiro atoms. The fourth-order valence-electron chi connectivity index (χ4n) is 2.93. The highest BCUT2D eigenvalue weighted by Crippen LogP contribution is 2.22. The number of aromatic carboxylic acids is 1. The molecular weight excluding hydrogens is 394 g/mol. The van der Waals surface area contributed by atoms with E-state index in [4.69, 9.17) is 4.74 Å². The van der Waals surface area contributed by atoms with Gasteiger partial charge in [-0.2, -0.15) is 0 Å². The van der Waals surface area contributed by atoms with Crippen molar-refractivity contribution in [3.8, 4) is 0 Å². The van der Waals surface area contributed by atoms with Gasteiger partial charge in [-0.1, -0.05) is 6.07 Å². The van der Waals surface area contributed by atoms with E-state index in [1.807, 2.05) is 26.0 Å². The average molecular weight is 415 g/mol. The molecular formula is C20H21N3O5S. The number of nitrogens with one attached hydrogen (secondary N) is 1. The molecule has 0 aliphatic rings. The van der Waals surface area contributed by atoms with Gasteiger partial charge in [0.15, 0.2) is 0 Å². The molecule has 0 radical (unpaired) electrons. The van der Waals surface area contributed by atoms with Gasteiger partial charge in [-0.25, -0.2) is 9.78 Å². The number of thiophene rings is 1. The number of nitrogens with zero attached hydrogens (tertiary/aromatic N) is 2. The lowest BCUT2D eigenvalue weighted by Gasteiger charge is -2.13. The van der Waals surface area contributed by atoms with Crippen molar-refractivity contribution in [3.05, 3.63) is 56.4 Å². The molecule has 1 amide bonds. The molecule has 3 aromatic rings. The van der Waals surface area contributed by atoms with Crippen molar-refractivity contribution in [2.75, 3.05) is 19.0 Å². The molecule has 29 heavy (non-hydrogen) atoms. The lowest BCUT2D eigenvalue weighted by molar-refractivity contribution is -0.116. The molecule has 2 heterocycles. The molecule has 3 rings (SSSR count). The van der Waals surface area contributed by atoms with Gasteiger partial charge in [0.1, 0.15) is 17.2 Å². The normalized spacial score (nSPS) is 11.0. The van der Waals surface area contributed by atoms with Crippen molar-refractivity contribution in [2.45, 2.75) is 26.8 Å². The minimum atomic E-state index is -1.20. The molecule has 0 aliphatic carbocycles. The molecule has 1 aromatic carbocycles. The number of anilines is 1. The molecule has 2 N–H and O–H groups in total. The van der Waals surface area contributed by atoms with Gasteiger partial charge in [0.2, 0.25) is 5.91 Å². The predicted octanol–water partition coefficient (Wildman–Crippen LogP) is 2.60. The molecule has 0 saturated heterocycles. The summed E-state index contributed by atoms with van der Waals surface area (Å²) in [6, 6.07) is 5.54. The summed E-state index contributed by atoms with van der Waals surface area (Å²) in [7, 11) is 1.53. The molecule has 9 heteroatoms. The second-order valence-electron chi connectivity index (χ2n) is 6.64. The number of hydrogen-bond donors (Lipinski definition) is 2. The highest BCUT2D eigenvalue weighted by molar-refractivity contribution is 7.17. The Kier molecular flexibility index (Phi) is 6.09. The average Bonchev–Trinajstić information content (AvgIpc) is 3.10. The first kappa shape index (κ1) is 20.7. The van der Waals surface area contributed by atoms with Gasteiger partial charge in [0, 0.05) is 24.6 Å². The second-order valence-corrected chi connectivity index (χ2v) is 7.50. The van der Waals surface area contributed by atoms with Crippen LogP contribution in [0.2, 0.25) is 0 Å². The Morgan fingerprint density at radius 2 is 2.03 bits per heavy atom. The van der Waals surface area contributed by atoms with Crippen LogP contribution in [-0.2, 0) is 22.5 Å². The third kappa shape index (κ3) is 4.36.